The van der Waals surface area contributed by atoms with Gasteiger partial charge >= 0.3 is 0 Å². The van der Waals surface area contributed by atoms with Gasteiger partial charge < -0.3 is 5.32 Å². The first-order valence-electron chi connectivity index (χ1n) is 8.25. The number of aromatic nitrogens is 2. The molecule has 23 heavy (non-hydrogen) atoms. The Morgan fingerprint density at radius 2 is 2.04 bits per heavy atom. The summed E-state index contributed by atoms with van der Waals surface area (Å²) in [6.07, 6.45) is 5.66. The Morgan fingerprint density at radius 1 is 1.35 bits per heavy atom. The summed E-state index contributed by atoms with van der Waals surface area (Å²) in [5.41, 5.74) is 1.09. The van der Waals surface area contributed by atoms with E-state index in [9.17, 15) is 13.2 Å². The van der Waals surface area contributed by atoms with E-state index in [0.29, 0.717) is 5.92 Å². The second kappa shape index (κ2) is 6.60. The first kappa shape index (κ1) is 16.4. The lowest BCUT2D eigenvalue weighted by Gasteiger charge is -2.22. The minimum atomic E-state index is -3.62. The predicted molar refractivity (Wildman–Crippen MR) is 86.6 cm³/mol. The Bertz CT molecular complexity index is 660. The Labute approximate surface area is 136 Å². The van der Waals surface area contributed by atoms with Crippen molar-refractivity contribution >= 4 is 15.9 Å². The van der Waals surface area contributed by atoms with E-state index in [1.165, 1.54) is 0 Å². The van der Waals surface area contributed by atoms with Gasteiger partial charge in [0, 0.05) is 5.56 Å². The molecule has 0 aromatic carbocycles. The summed E-state index contributed by atoms with van der Waals surface area (Å²) >= 11 is 0. The molecule has 128 valence electrons. The van der Waals surface area contributed by atoms with Crippen molar-refractivity contribution in [3.05, 3.63) is 17.5 Å². The molecule has 1 unspecified atom stereocenters. The molecule has 0 bridgehead atoms. The number of H-pyrrole nitrogens is 1. The SMILES string of the molecule is CC(CS(=O)(=O)NC(=O)c1[nH]ncc1C1CCNCC1)C1CC1. The van der Waals surface area contributed by atoms with E-state index in [-0.39, 0.29) is 23.3 Å². The summed E-state index contributed by atoms with van der Waals surface area (Å²) in [6, 6.07) is 0. The highest BCUT2D eigenvalue weighted by molar-refractivity contribution is 7.90. The van der Waals surface area contributed by atoms with Crippen LogP contribution >= 0.6 is 0 Å². The number of nitrogens with one attached hydrogen (secondary N) is 3. The fourth-order valence-electron chi connectivity index (χ4n) is 3.30. The van der Waals surface area contributed by atoms with E-state index in [4.69, 9.17) is 0 Å². The van der Waals surface area contributed by atoms with Crippen LogP contribution in [0.1, 0.15) is 54.6 Å². The van der Waals surface area contributed by atoms with Crippen LogP contribution in [-0.2, 0) is 10.0 Å². The second-order valence-corrected chi connectivity index (χ2v) is 8.52. The number of rotatable bonds is 6. The summed E-state index contributed by atoms with van der Waals surface area (Å²) in [5.74, 6) is 0.216. The van der Waals surface area contributed by atoms with Crippen molar-refractivity contribution in [3.63, 3.8) is 0 Å². The van der Waals surface area contributed by atoms with E-state index in [2.05, 4.69) is 20.2 Å². The van der Waals surface area contributed by atoms with Crippen molar-refractivity contribution in [2.45, 2.75) is 38.5 Å². The van der Waals surface area contributed by atoms with Crippen molar-refractivity contribution in [2.75, 3.05) is 18.8 Å². The predicted octanol–water partition coefficient (Wildman–Crippen LogP) is 0.982. The third kappa shape index (κ3) is 4.11. The van der Waals surface area contributed by atoms with Crippen molar-refractivity contribution in [2.24, 2.45) is 11.8 Å². The third-order valence-electron chi connectivity index (χ3n) is 4.83. The van der Waals surface area contributed by atoms with Gasteiger partial charge in [-0.15, -0.1) is 0 Å². The van der Waals surface area contributed by atoms with E-state index < -0.39 is 15.9 Å². The number of hydrogen-bond donors (Lipinski definition) is 3. The molecule has 3 rings (SSSR count). The molecular formula is C15H24N4O3S. The van der Waals surface area contributed by atoms with Gasteiger partial charge in [-0.25, -0.2) is 13.1 Å². The molecule has 2 heterocycles. The van der Waals surface area contributed by atoms with Gasteiger partial charge in [0.2, 0.25) is 10.0 Å². The van der Waals surface area contributed by atoms with E-state index in [1.54, 1.807) is 6.20 Å². The number of aromatic amines is 1. The summed E-state index contributed by atoms with van der Waals surface area (Å²) < 4.78 is 26.6. The number of nitrogens with zero attached hydrogens (tertiary/aromatic N) is 1. The van der Waals surface area contributed by atoms with E-state index >= 15 is 0 Å². The van der Waals surface area contributed by atoms with Crippen LogP contribution in [0.15, 0.2) is 6.20 Å². The molecule has 2 aliphatic rings. The van der Waals surface area contributed by atoms with Crippen LogP contribution in [0.25, 0.3) is 0 Å². The maximum atomic E-state index is 12.4. The maximum absolute atomic E-state index is 12.4. The molecular weight excluding hydrogens is 316 g/mol. The van der Waals surface area contributed by atoms with Gasteiger partial charge in [0.15, 0.2) is 0 Å². The zero-order chi connectivity index (χ0) is 16.4. The van der Waals surface area contributed by atoms with Crippen LogP contribution in [0.2, 0.25) is 0 Å². The topological polar surface area (TPSA) is 104 Å². The first-order chi connectivity index (χ1) is 11.0. The normalized spacial score (nSPS) is 21.1. The number of amides is 1. The van der Waals surface area contributed by atoms with Crippen LogP contribution in [0.5, 0.6) is 0 Å². The first-order valence-corrected chi connectivity index (χ1v) is 9.90. The quantitative estimate of drug-likeness (QED) is 0.716. The van der Waals surface area contributed by atoms with Gasteiger partial charge in [-0.2, -0.15) is 5.10 Å². The minimum absolute atomic E-state index is 0.000224. The summed E-state index contributed by atoms with van der Waals surface area (Å²) in [5, 5.41) is 9.89. The molecule has 8 heteroatoms. The largest absolute Gasteiger partial charge is 0.317 e. The number of carbonyl (C=O) groups is 1. The molecule has 1 amide bonds. The smallest absolute Gasteiger partial charge is 0.283 e. The molecule has 1 aliphatic heterocycles. The lowest BCUT2D eigenvalue weighted by atomic mass is 9.90. The standard InChI is InChI=1S/C15H24N4O3S/c1-10(11-2-3-11)9-23(21,22)19-15(20)14-13(8-17-18-14)12-4-6-16-7-5-12/h8,10-12,16H,2-7,9H2,1H3,(H,17,18)(H,19,20). The van der Waals surface area contributed by atoms with Gasteiger partial charge in [0.1, 0.15) is 5.69 Å². The highest BCUT2D eigenvalue weighted by atomic mass is 32.2. The van der Waals surface area contributed by atoms with Gasteiger partial charge in [-0.05, 0) is 56.5 Å². The van der Waals surface area contributed by atoms with Gasteiger partial charge in [0.05, 0.1) is 11.9 Å². The van der Waals surface area contributed by atoms with Crippen LogP contribution in [0, 0.1) is 11.8 Å². The van der Waals surface area contributed by atoms with Crippen molar-refractivity contribution in [1.29, 1.82) is 0 Å². The number of piperidine rings is 1. The Hall–Kier alpha value is -1.41. The molecule has 7 nitrogen and oxygen atoms in total. The molecule has 0 radical (unpaired) electrons. The summed E-state index contributed by atoms with van der Waals surface area (Å²) in [6.45, 7) is 3.72. The monoisotopic (exact) mass is 340 g/mol. The van der Waals surface area contributed by atoms with E-state index in [0.717, 1.165) is 44.3 Å². The highest BCUT2D eigenvalue weighted by Crippen LogP contribution is 2.37. The molecule has 1 aliphatic carbocycles. The molecule has 3 N–H and O–H groups in total. The zero-order valence-electron chi connectivity index (χ0n) is 13.3. The molecule has 1 aromatic heterocycles. The van der Waals surface area contributed by atoms with Gasteiger partial charge in [-0.1, -0.05) is 6.92 Å². The van der Waals surface area contributed by atoms with Crippen molar-refractivity contribution in [1.82, 2.24) is 20.2 Å². The van der Waals surface area contributed by atoms with Gasteiger partial charge in [-0.3, -0.25) is 9.89 Å². The fraction of sp³-hybridized carbons (Fsp3) is 0.733. The average molecular weight is 340 g/mol. The third-order valence-corrected chi connectivity index (χ3v) is 6.29. The number of sulfonamides is 1. The molecule has 1 aromatic rings. The minimum Gasteiger partial charge on any atom is -0.317 e. The molecule has 0 spiro atoms. The molecule has 1 saturated carbocycles. The van der Waals surface area contributed by atoms with Crippen LogP contribution < -0.4 is 10.0 Å². The van der Waals surface area contributed by atoms with Gasteiger partial charge in [0.25, 0.3) is 5.91 Å². The average Bonchev–Trinajstić information content (AvgIpc) is 3.24. The molecule has 2 fully saturated rings. The lowest BCUT2D eigenvalue weighted by Crippen LogP contribution is -2.36. The van der Waals surface area contributed by atoms with Crippen molar-refractivity contribution in [3.8, 4) is 0 Å². The van der Waals surface area contributed by atoms with E-state index in [1.807, 2.05) is 6.92 Å². The van der Waals surface area contributed by atoms with Crippen LogP contribution in [0.3, 0.4) is 0 Å². The highest BCUT2D eigenvalue weighted by Gasteiger charge is 2.32. The maximum Gasteiger partial charge on any atom is 0.283 e. The zero-order valence-corrected chi connectivity index (χ0v) is 14.2. The Morgan fingerprint density at radius 3 is 2.70 bits per heavy atom. The van der Waals surface area contributed by atoms with Crippen molar-refractivity contribution < 1.29 is 13.2 Å². The Kier molecular flexibility index (Phi) is 4.72. The summed E-state index contributed by atoms with van der Waals surface area (Å²) in [7, 11) is -3.62. The molecule has 1 saturated heterocycles. The number of hydrogen-bond acceptors (Lipinski definition) is 5. The fourth-order valence-corrected chi connectivity index (χ4v) is 4.73. The second-order valence-electron chi connectivity index (χ2n) is 6.75. The number of carbonyl (C=O) groups excluding carboxylic acids is 1. The lowest BCUT2D eigenvalue weighted by molar-refractivity contribution is 0.0974. The van der Waals surface area contributed by atoms with Crippen LogP contribution in [-0.4, -0.2) is 43.4 Å². The van der Waals surface area contributed by atoms with Crippen LogP contribution in [0.4, 0.5) is 0 Å². The molecule has 1 atom stereocenters. The Balaban J connectivity index is 1.67. The summed E-state index contributed by atoms with van der Waals surface area (Å²) in [4.78, 5) is 12.4.